The zero-order valence-electron chi connectivity index (χ0n) is 17.6. The van der Waals surface area contributed by atoms with E-state index in [9.17, 15) is 0 Å². The summed E-state index contributed by atoms with van der Waals surface area (Å²) in [6, 6.07) is 2.23. The fourth-order valence-electron chi connectivity index (χ4n) is 5.21. The maximum absolute atomic E-state index is 5.13. The molecule has 1 aromatic rings. The Kier molecular flexibility index (Phi) is 4.95. The van der Waals surface area contributed by atoms with Crippen LogP contribution in [0.2, 0.25) is 0 Å². The number of nitrogens with one attached hydrogen (secondary N) is 1. The Morgan fingerprint density at radius 2 is 1.30 bits per heavy atom. The lowest BCUT2D eigenvalue weighted by Gasteiger charge is -2.53. The third kappa shape index (κ3) is 3.73. The molecule has 0 aromatic carbocycles. The summed E-state index contributed by atoms with van der Waals surface area (Å²) in [5.41, 5.74) is 0.151. The monoisotopic (exact) mass is 372 g/mol. The van der Waals surface area contributed by atoms with Crippen LogP contribution in [-0.4, -0.2) is 60.3 Å². The molecule has 0 aliphatic carbocycles. The Morgan fingerprint density at radius 3 is 1.85 bits per heavy atom. The van der Waals surface area contributed by atoms with Gasteiger partial charge in [0.05, 0.1) is 0 Å². The fraction of sp³-hybridized carbons (Fsp3) is 0.810. The Labute approximate surface area is 164 Å². The van der Waals surface area contributed by atoms with Gasteiger partial charge in [-0.25, -0.2) is 0 Å². The zero-order chi connectivity index (χ0) is 19.1. The summed E-state index contributed by atoms with van der Waals surface area (Å²) in [4.78, 5) is 17.6. The molecule has 3 aliphatic rings. The first kappa shape index (κ1) is 18.8. The number of rotatable bonds is 3. The minimum atomic E-state index is 0.0755. The molecule has 1 N–H and O–H groups in total. The normalized spacial score (nSPS) is 25.1. The van der Waals surface area contributed by atoms with E-state index in [2.05, 4.69) is 53.8 Å². The Hall–Kier alpha value is -1.56. The van der Waals surface area contributed by atoms with Crippen molar-refractivity contribution >= 4 is 17.6 Å². The lowest BCUT2D eigenvalue weighted by atomic mass is 9.80. The first-order chi connectivity index (χ1) is 12.9. The third-order valence-corrected chi connectivity index (χ3v) is 6.55. The molecule has 1 aromatic heterocycles. The van der Waals surface area contributed by atoms with Crippen LogP contribution < -0.4 is 20.0 Å². The number of piperazine rings is 1. The molecule has 0 spiro atoms. The molecule has 3 fully saturated rings. The summed E-state index contributed by atoms with van der Waals surface area (Å²) in [7, 11) is 0. The van der Waals surface area contributed by atoms with Crippen molar-refractivity contribution in [2.24, 2.45) is 0 Å². The van der Waals surface area contributed by atoms with E-state index in [1.165, 1.54) is 32.1 Å². The average molecular weight is 373 g/mol. The molecular formula is C21H36N6. The minimum Gasteiger partial charge on any atom is -0.356 e. The van der Waals surface area contributed by atoms with Crippen molar-refractivity contribution in [1.82, 2.24) is 15.3 Å². The first-order valence-corrected chi connectivity index (χ1v) is 10.8. The first-order valence-electron chi connectivity index (χ1n) is 10.8. The van der Waals surface area contributed by atoms with Crippen LogP contribution in [0.1, 0.15) is 59.8 Å². The van der Waals surface area contributed by atoms with Crippen LogP contribution in [0.3, 0.4) is 0 Å². The van der Waals surface area contributed by atoms with E-state index in [1.54, 1.807) is 0 Å². The quantitative estimate of drug-likeness (QED) is 0.880. The molecule has 6 heteroatoms. The van der Waals surface area contributed by atoms with Crippen LogP contribution in [-0.2, 0) is 0 Å². The van der Waals surface area contributed by atoms with Gasteiger partial charge in [0.2, 0.25) is 5.95 Å². The summed E-state index contributed by atoms with van der Waals surface area (Å²) in [6.45, 7) is 15.7. The zero-order valence-corrected chi connectivity index (χ0v) is 17.6. The van der Waals surface area contributed by atoms with Crippen molar-refractivity contribution in [2.75, 3.05) is 54.0 Å². The molecule has 0 radical (unpaired) electrons. The highest BCUT2D eigenvalue weighted by atomic mass is 15.4. The van der Waals surface area contributed by atoms with Crippen molar-refractivity contribution in [2.45, 2.75) is 70.9 Å². The average Bonchev–Trinajstić information content (AvgIpc) is 3.15. The Balaban J connectivity index is 1.77. The molecule has 6 nitrogen and oxygen atoms in total. The molecule has 0 unspecified atom stereocenters. The second-order valence-electron chi connectivity index (χ2n) is 9.63. The van der Waals surface area contributed by atoms with Crippen molar-refractivity contribution in [1.29, 1.82) is 0 Å². The Morgan fingerprint density at radius 1 is 0.778 bits per heavy atom. The van der Waals surface area contributed by atoms with Gasteiger partial charge in [-0.15, -0.1) is 0 Å². The van der Waals surface area contributed by atoms with Crippen LogP contribution in [0.4, 0.5) is 17.6 Å². The van der Waals surface area contributed by atoms with Gasteiger partial charge in [0.25, 0.3) is 0 Å². The number of hydrogen-bond acceptors (Lipinski definition) is 6. The molecular weight excluding hydrogens is 336 g/mol. The van der Waals surface area contributed by atoms with Crippen LogP contribution >= 0.6 is 0 Å². The third-order valence-electron chi connectivity index (χ3n) is 6.55. The van der Waals surface area contributed by atoms with Gasteiger partial charge < -0.3 is 20.0 Å². The molecule has 27 heavy (non-hydrogen) atoms. The van der Waals surface area contributed by atoms with Crippen molar-refractivity contribution in [3.05, 3.63) is 6.07 Å². The summed E-state index contributed by atoms with van der Waals surface area (Å²) in [6.07, 6.45) is 6.19. The van der Waals surface area contributed by atoms with Gasteiger partial charge in [0.15, 0.2) is 0 Å². The molecule has 4 rings (SSSR count). The fourth-order valence-corrected chi connectivity index (χ4v) is 5.21. The van der Waals surface area contributed by atoms with E-state index >= 15 is 0 Å². The summed E-state index contributed by atoms with van der Waals surface area (Å²) < 4.78 is 0. The molecule has 0 amide bonds. The van der Waals surface area contributed by atoms with Crippen LogP contribution in [0.25, 0.3) is 0 Å². The number of nitrogens with zero attached hydrogens (tertiary/aromatic N) is 5. The molecule has 3 saturated heterocycles. The lowest BCUT2D eigenvalue weighted by Crippen LogP contribution is -2.59. The molecule has 0 saturated carbocycles. The molecule has 0 bridgehead atoms. The largest absolute Gasteiger partial charge is 0.356 e. The summed E-state index contributed by atoms with van der Waals surface area (Å²) in [5.74, 6) is 3.13. The molecule has 150 valence electrons. The second-order valence-corrected chi connectivity index (χ2v) is 9.63. The summed E-state index contributed by atoms with van der Waals surface area (Å²) in [5, 5.41) is 3.45. The van der Waals surface area contributed by atoms with Gasteiger partial charge in [-0.2, -0.15) is 9.97 Å². The van der Waals surface area contributed by atoms with Crippen molar-refractivity contribution in [3.8, 4) is 0 Å². The highest BCUT2D eigenvalue weighted by molar-refractivity contribution is 5.57. The minimum absolute atomic E-state index is 0.0755. The van der Waals surface area contributed by atoms with Crippen molar-refractivity contribution in [3.63, 3.8) is 0 Å². The second kappa shape index (κ2) is 7.12. The van der Waals surface area contributed by atoms with Crippen LogP contribution in [0.5, 0.6) is 0 Å². The predicted molar refractivity (Wildman–Crippen MR) is 113 cm³/mol. The number of anilines is 3. The van der Waals surface area contributed by atoms with E-state index < -0.39 is 0 Å². The van der Waals surface area contributed by atoms with Gasteiger partial charge in [0.1, 0.15) is 11.6 Å². The van der Waals surface area contributed by atoms with Gasteiger partial charge in [-0.3, -0.25) is 0 Å². The maximum Gasteiger partial charge on any atom is 0.230 e. The van der Waals surface area contributed by atoms with Crippen LogP contribution in [0, 0.1) is 0 Å². The highest BCUT2D eigenvalue weighted by Gasteiger charge is 2.43. The van der Waals surface area contributed by atoms with E-state index in [1.807, 2.05) is 0 Å². The van der Waals surface area contributed by atoms with Gasteiger partial charge >= 0.3 is 0 Å². The standard InChI is InChI=1S/C21H36N6/c1-20(2)8-7-9-21(3,4)27(20)19-23-17(25-12-5-6-13-25)16-18(24-19)26-14-10-22-11-15-26/h16,22H,5-15H2,1-4H3. The number of hydrogen-bond donors (Lipinski definition) is 1. The molecule has 4 heterocycles. The summed E-state index contributed by atoms with van der Waals surface area (Å²) >= 11 is 0. The smallest absolute Gasteiger partial charge is 0.230 e. The topological polar surface area (TPSA) is 47.5 Å². The maximum atomic E-state index is 5.13. The van der Waals surface area contributed by atoms with E-state index in [0.29, 0.717) is 0 Å². The van der Waals surface area contributed by atoms with E-state index in [-0.39, 0.29) is 11.1 Å². The van der Waals surface area contributed by atoms with Gasteiger partial charge in [-0.1, -0.05) is 0 Å². The van der Waals surface area contributed by atoms with Gasteiger partial charge in [0, 0.05) is 56.4 Å². The highest BCUT2D eigenvalue weighted by Crippen LogP contribution is 2.41. The van der Waals surface area contributed by atoms with E-state index in [4.69, 9.17) is 9.97 Å². The Bertz CT molecular complexity index is 643. The lowest BCUT2D eigenvalue weighted by molar-refractivity contribution is 0.239. The van der Waals surface area contributed by atoms with Gasteiger partial charge in [-0.05, 0) is 59.8 Å². The number of aromatic nitrogens is 2. The molecule has 3 aliphatic heterocycles. The molecule has 0 atom stereocenters. The van der Waals surface area contributed by atoms with Crippen LogP contribution in [0.15, 0.2) is 6.07 Å². The van der Waals surface area contributed by atoms with Crippen molar-refractivity contribution < 1.29 is 0 Å². The SMILES string of the molecule is CC1(C)CCCC(C)(C)N1c1nc(N2CCCC2)cc(N2CCNCC2)n1. The van der Waals surface area contributed by atoms with E-state index in [0.717, 1.165) is 56.9 Å². The predicted octanol–water partition coefficient (Wildman–Crippen LogP) is 3.03. The number of piperidine rings is 1.